The third-order valence-corrected chi connectivity index (χ3v) is 4.25. The van der Waals surface area contributed by atoms with E-state index in [-0.39, 0.29) is 6.10 Å². The number of nitrogens with two attached hydrogens (primary N) is 1. The Bertz CT molecular complexity index is 801. The van der Waals surface area contributed by atoms with E-state index in [0.717, 1.165) is 40.9 Å². The molecule has 1 saturated heterocycles. The van der Waals surface area contributed by atoms with Crippen molar-refractivity contribution >= 4 is 16.7 Å². The molecule has 0 bridgehead atoms. The number of H-pyrrole nitrogens is 1. The quantitative estimate of drug-likeness (QED) is 0.771. The number of nitrogens with zero attached hydrogens (tertiary/aromatic N) is 3. The van der Waals surface area contributed by atoms with Crippen LogP contribution in [0.3, 0.4) is 0 Å². The lowest BCUT2D eigenvalue weighted by Crippen LogP contribution is -2.46. The zero-order valence-electron chi connectivity index (χ0n) is 12.8. The third kappa shape index (κ3) is 2.56. The maximum absolute atomic E-state index is 5.80. The molecule has 4 rings (SSSR count). The second-order valence-electron chi connectivity index (χ2n) is 5.69. The van der Waals surface area contributed by atoms with E-state index < -0.39 is 0 Å². The van der Waals surface area contributed by atoms with Crippen LogP contribution in [-0.2, 0) is 4.74 Å². The molecule has 6 heteroatoms. The van der Waals surface area contributed by atoms with Gasteiger partial charge in [0.25, 0.3) is 0 Å². The van der Waals surface area contributed by atoms with E-state index in [1.54, 1.807) is 0 Å². The number of ether oxygens (including phenoxy) is 1. The summed E-state index contributed by atoms with van der Waals surface area (Å²) in [6.45, 7) is 2.82. The van der Waals surface area contributed by atoms with Gasteiger partial charge in [-0.15, -0.1) is 0 Å². The zero-order valence-corrected chi connectivity index (χ0v) is 12.8. The fourth-order valence-electron chi connectivity index (χ4n) is 3.12. The van der Waals surface area contributed by atoms with Crippen LogP contribution in [0.15, 0.2) is 42.7 Å². The van der Waals surface area contributed by atoms with Crippen LogP contribution in [0, 0.1) is 0 Å². The fraction of sp³-hybridized carbons (Fsp3) is 0.294. The number of nitrogens with one attached hydrogen (secondary N) is 1. The van der Waals surface area contributed by atoms with Crippen LogP contribution in [0.1, 0.15) is 0 Å². The number of fused-ring (bicyclic) bond motifs is 1. The maximum atomic E-state index is 5.80. The molecule has 1 aliphatic rings. The molecule has 0 spiro atoms. The highest BCUT2D eigenvalue weighted by Gasteiger charge is 2.24. The van der Waals surface area contributed by atoms with Gasteiger partial charge in [-0.2, -0.15) is 5.10 Å². The van der Waals surface area contributed by atoms with Crippen molar-refractivity contribution in [3.8, 4) is 11.1 Å². The Kier molecular flexibility index (Phi) is 3.69. The van der Waals surface area contributed by atoms with Crippen LogP contribution in [0.2, 0.25) is 0 Å². The highest BCUT2D eigenvalue weighted by Crippen LogP contribution is 2.36. The van der Waals surface area contributed by atoms with Crippen LogP contribution in [0.4, 0.5) is 5.69 Å². The summed E-state index contributed by atoms with van der Waals surface area (Å²) in [5.41, 5.74) is 10.0. The number of rotatable bonds is 3. The molecule has 3 N–H and O–H groups in total. The van der Waals surface area contributed by atoms with E-state index in [1.165, 1.54) is 0 Å². The SMILES string of the molecule is NCC1CN(c2c(-c3ccccc3)cnc3[nH]ncc23)CCO1. The van der Waals surface area contributed by atoms with E-state index >= 15 is 0 Å². The van der Waals surface area contributed by atoms with Gasteiger partial charge in [0.1, 0.15) is 0 Å². The molecule has 1 unspecified atom stereocenters. The van der Waals surface area contributed by atoms with E-state index in [2.05, 4.69) is 32.2 Å². The largest absolute Gasteiger partial charge is 0.373 e. The minimum absolute atomic E-state index is 0.0579. The molecule has 0 saturated carbocycles. The Balaban J connectivity index is 1.87. The minimum atomic E-state index is 0.0579. The van der Waals surface area contributed by atoms with E-state index in [4.69, 9.17) is 10.5 Å². The van der Waals surface area contributed by atoms with E-state index in [9.17, 15) is 0 Å². The van der Waals surface area contributed by atoms with Crippen molar-refractivity contribution in [3.05, 3.63) is 42.7 Å². The highest BCUT2D eigenvalue weighted by atomic mass is 16.5. The second kappa shape index (κ2) is 5.98. The van der Waals surface area contributed by atoms with Crippen molar-refractivity contribution < 1.29 is 4.74 Å². The van der Waals surface area contributed by atoms with Crippen LogP contribution in [0.5, 0.6) is 0 Å². The average Bonchev–Trinajstić information content (AvgIpc) is 3.10. The van der Waals surface area contributed by atoms with Gasteiger partial charge >= 0.3 is 0 Å². The topological polar surface area (TPSA) is 80.1 Å². The lowest BCUT2D eigenvalue weighted by atomic mass is 10.0. The van der Waals surface area contributed by atoms with Gasteiger partial charge in [0.15, 0.2) is 5.65 Å². The Hall–Kier alpha value is -2.44. The van der Waals surface area contributed by atoms with Crippen molar-refractivity contribution in [2.24, 2.45) is 5.73 Å². The van der Waals surface area contributed by atoms with Gasteiger partial charge in [-0.1, -0.05) is 30.3 Å². The van der Waals surface area contributed by atoms with Crippen molar-refractivity contribution in [2.75, 3.05) is 31.1 Å². The van der Waals surface area contributed by atoms with Crippen LogP contribution in [0.25, 0.3) is 22.2 Å². The summed E-state index contributed by atoms with van der Waals surface area (Å²) < 4.78 is 5.71. The van der Waals surface area contributed by atoms with Gasteiger partial charge in [-0.3, -0.25) is 5.10 Å². The molecule has 0 radical (unpaired) electrons. The molecular formula is C17H19N5O. The van der Waals surface area contributed by atoms with Gasteiger partial charge in [0.05, 0.1) is 30.0 Å². The molecule has 2 aromatic heterocycles. The molecule has 23 heavy (non-hydrogen) atoms. The molecule has 6 nitrogen and oxygen atoms in total. The molecule has 3 aromatic rings. The number of anilines is 1. The lowest BCUT2D eigenvalue weighted by molar-refractivity contribution is 0.0467. The molecule has 1 aliphatic heterocycles. The third-order valence-electron chi connectivity index (χ3n) is 4.25. The summed E-state index contributed by atoms with van der Waals surface area (Å²) in [5, 5.41) is 8.15. The van der Waals surface area contributed by atoms with Gasteiger partial charge < -0.3 is 15.4 Å². The minimum Gasteiger partial charge on any atom is -0.373 e. The first-order valence-corrected chi connectivity index (χ1v) is 7.81. The maximum Gasteiger partial charge on any atom is 0.157 e. The second-order valence-corrected chi connectivity index (χ2v) is 5.69. The number of pyridine rings is 1. The first kappa shape index (κ1) is 14.2. The first-order chi connectivity index (χ1) is 11.4. The number of aromatic nitrogens is 3. The monoisotopic (exact) mass is 309 g/mol. The Labute approximate surface area is 134 Å². The summed E-state index contributed by atoms with van der Waals surface area (Å²) in [7, 11) is 0. The summed E-state index contributed by atoms with van der Waals surface area (Å²) in [4.78, 5) is 6.85. The Morgan fingerprint density at radius 1 is 1.26 bits per heavy atom. The van der Waals surface area contributed by atoms with Crippen LogP contribution >= 0.6 is 0 Å². The van der Waals surface area contributed by atoms with Crippen molar-refractivity contribution in [2.45, 2.75) is 6.10 Å². The summed E-state index contributed by atoms with van der Waals surface area (Å²) in [6.07, 6.45) is 3.82. The average molecular weight is 309 g/mol. The van der Waals surface area contributed by atoms with Gasteiger partial charge in [-0.25, -0.2) is 4.98 Å². The summed E-state index contributed by atoms with van der Waals surface area (Å²) in [6, 6.07) is 10.3. The lowest BCUT2D eigenvalue weighted by Gasteiger charge is -2.35. The Morgan fingerprint density at radius 3 is 2.96 bits per heavy atom. The van der Waals surface area contributed by atoms with Crippen molar-refractivity contribution in [1.82, 2.24) is 15.2 Å². The number of morpholine rings is 1. The number of benzene rings is 1. The van der Waals surface area contributed by atoms with Gasteiger partial charge in [0.2, 0.25) is 0 Å². The molecule has 118 valence electrons. The molecule has 0 aliphatic carbocycles. The molecule has 0 amide bonds. The van der Waals surface area contributed by atoms with E-state index in [0.29, 0.717) is 13.2 Å². The van der Waals surface area contributed by atoms with Crippen LogP contribution in [-0.4, -0.2) is 47.5 Å². The van der Waals surface area contributed by atoms with Gasteiger partial charge in [0, 0.05) is 31.4 Å². The fourth-order valence-corrected chi connectivity index (χ4v) is 3.12. The predicted molar refractivity (Wildman–Crippen MR) is 90.3 cm³/mol. The van der Waals surface area contributed by atoms with Crippen LogP contribution < -0.4 is 10.6 Å². The van der Waals surface area contributed by atoms with Gasteiger partial charge in [-0.05, 0) is 5.56 Å². The number of hydrogen-bond donors (Lipinski definition) is 2. The Morgan fingerprint density at radius 2 is 2.13 bits per heavy atom. The summed E-state index contributed by atoms with van der Waals surface area (Å²) in [5.74, 6) is 0. The highest BCUT2D eigenvalue weighted by molar-refractivity contribution is 5.98. The summed E-state index contributed by atoms with van der Waals surface area (Å²) >= 11 is 0. The number of aromatic amines is 1. The zero-order chi connectivity index (χ0) is 15.6. The van der Waals surface area contributed by atoms with E-state index in [1.807, 2.05) is 30.6 Å². The molecule has 3 heterocycles. The normalized spacial score (nSPS) is 18.5. The van der Waals surface area contributed by atoms with Crippen molar-refractivity contribution in [3.63, 3.8) is 0 Å². The first-order valence-electron chi connectivity index (χ1n) is 7.81. The predicted octanol–water partition coefficient (Wildman–Crippen LogP) is 1.79. The molecule has 1 aromatic carbocycles. The molecular weight excluding hydrogens is 290 g/mol. The molecule has 1 atom stereocenters. The standard InChI is InChI=1S/C17H19N5O/c18-8-13-11-22(6-7-23-13)16-14(12-4-2-1-3-5-12)9-19-17-15(16)10-20-21-17/h1-5,9-10,13H,6-8,11,18H2,(H,19,20,21). The molecule has 1 fully saturated rings. The number of hydrogen-bond acceptors (Lipinski definition) is 5. The van der Waals surface area contributed by atoms with Crippen molar-refractivity contribution in [1.29, 1.82) is 0 Å². The smallest absolute Gasteiger partial charge is 0.157 e.